The van der Waals surface area contributed by atoms with E-state index in [1.807, 2.05) is 60.9 Å². The number of hydrogen-bond donors (Lipinski definition) is 2. The molecule has 2 aromatic carbocycles. The number of anilines is 1. The predicted octanol–water partition coefficient (Wildman–Crippen LogP) is 6.85. The van der Waals surface area contributed by atoms with Crippen molar-refractivity contribution < 1.29 is 33.1 Å². The summed E-state index contributed by atoms with van der Waals surface area (Å²) in [6.07, 6.45) is 8.64. The lowest BCUT2D eigenvalue weighted by Crippen LogP contribution is -2.50. The zero-order chi connectivity index (χ0) is 41.2. The van der Waals surface area contributed by atoms with Gasteiger partial charge in [-0.2, -0.15) is 0 Å². The van der Waals surface area contributed by atoms with E-state index in [1.54, 1.807) is 4.90 Å². The van der Waals surface area contributed by atoms with Crippen LogP contribution in [0.5, 0.6) is 0 Å². The number of fused-ring (bicyclic) bond motifs is 2. The quantitative estimate of drug-likeness (QED) is 0.209. The third kappa shape index (κ3) is 11.9. The molecule has 0 aliphatic carbocycles. The van der Waals surface area contributed by atoms with Crippen LogP contribution in [0.3, 0.4) is 0 Å². The Morgan fingerprint density at radius 3 is 2.24 bits per heavy atom. The van der Waals surface area contributed by atoms with Crippen LogP contribution in [0.4, 0.5) is 15.3 Å². The van der Waals surface area contributed by atoms with Crippen molar-refractivity contribution in [1.82, 2.24) is 24.6 Å². The number of para-hydroxylation sites is 1. The van der Waals surface area contributed by atoms with E-state index in [9.17, 15) is 24.0 Å². The van der Waals surface area contributed by atoms with Gasteiger partial charge in [0.05, 0.1) is 25.7 Å². The maximum atomic E-state index is 13.2. The minimum atomic E-state index is -0.449. The number of aryl methyl sites for hydroxylation is 1. The molecule has 0 bridgehead atoms. The molecule has 3 saturated heterocycles. The number of nitrogens with one attached hydrogen (secondary N) is 2. The SMILES string of the molecule is C.CCCOC(=O)CCN1CCC(C2CCN(C(=O)[C@H](C)Cc3cc(C)c4[nH]c(=O)oc4c3)CC2)CC1.COC(=O)N1CCC(N2CCc3ccccc3NC2=O)CC1. The zero-order valence-corrected chi connectivity index (χ0v) is 34.8. The van der Waals surface area contributed by atoms with E-state index in [0.29, 0.717) is 56.5 Å². The fourth-order valence-electron chi connectivity index (χ4n) is 9.17. The molecule has 0 radical (unpaired) electrons. The second-order valence-electron chi connectivity index (χ2n) is 16.4. The highest BCUT2D eigenvalue weighted by atomic mass is 16.5. The van der Waals surface area contributed by atoms with E-state index in [1.165, 1.54) is 25.5 Å². The molecule has 3 aromatic rings. The predicted molar refractivity (Wildman–Crippen MR) is 228 cm³/mol. The Kier molecular flexibility index (Phi) is 16.4. The highest BCUT2D eigenvalue weighted by molar-refractivity contribution is 5.91. The molecule has 324 valence electrons. The Balaban J connectivity index is 0.000000246. The van der Waals surface area contributed by atoms with E-state index in [0.717, 1.165) is 93.6 Å². The van der Waals surface area contributed by atoms with Gasteiger partial charge >= 0.3 is 23.8 Å². The number of oxazole rings is 1. The average molecular weight is 819 g/mol. The third-order valence-corrected chi connectivity index (χ3v) is 12.5. The third-order valence-electron chi connectivity index (χ3n) is 12.5. The summed E-state index contributed by atoms with van der Waals surface area (Å²) in [4.78, 5) is 71.2. The number of aromatic nitrogens is 1. The molecule has 4 amide bonds. The van der Waals surface area contributed by atoms with Gasteiger partial charge in [-0.25, -0.2) is 14.4 Å². The van der Waals surface area contributed by atoms with E-state index < -0.39 is 5.76 Å². The fraction of sp³-hybridized carbons (Fsp3) is 0.622. The standard InChI is InChI=1S/C28H41N3O5.C16H21N3O3.CH4/c1-4-15-35-25(32)9-12-30-10-5-22(6-11-30)23-7-13-31(14-8-23)27(33)20(3)17-21-16-19(2)26-24(18-21)36-28(34)29-26;1-22-16(21)18-9-7-13(8-10-18)19-11-6-12-4-2-3-5-14(12)17-15(19)20;/h16,18,20,22-23H,4-15,17H2,1-3H3,(H,29,34);2-5,13H,6-11H2,1H3,(H,17,20);1H4/t20-;;/m1../s1. The van der Waals surface area contributed by atoms with Crippen molar-refractivity contribution in [2.75, 3.05) is 71.4 Å². The second-order valence-corrected chi connectivity index (χ2v) is 16.4. The molecule has 2 N–H and O–H groups in total. The molecular weight excluding hydrogens is 753 g/mol. The monoisotopic (exact) mass is 818 g/mol. The van der Waals surface area contributed by atoms with Crippen LogP contribution in [-0.4, -0.2) is 121 Å². The maximum absolute atomic E-state index is 13.2. The molecule has 14 nitrogen and oxygen atoms in total. The number of esters is 1. The zero-order valence-electron chi connectivity index (χ0n) is 34.8. The number of piperidine rings is 3. The van der Waals surface area contributed by atoms with Crippen molar-refractivity contribution in [3.8, 4) is 0 Å². The Hall–Kier alpha value is -4.85. The van der Waals surface area contributed by atoms with Gasteiger partial charge in [-0.15, -0.1) is 0 Å². The summed E-state index contributed by atoms with van der Waals surface area (Å²) in [6.45, 7) is 13.0. The Bertz CT molecular complexity index is 1920. The summed E-state index contributed by atoms with van der Waals surface area (Å²) in [5.74, 6) is 0.964. The van der Waals surface area contributed by atoms with Gasteiger partial charge in [0.25, 0.3) is 0 Å². The molecule has 0 spiro atoms. The van der Waals surface area contributed by atoms with Gasteiger partial charge in [0, 0.05) is 56.9 Å². The number of likely N-dealkylation sites (tertiary alicyclic amines) is 3. The number of hydrogen-bond acceptors (Lipinski definition) is 9. The summed E-state index contributed by atoms with van der Waals surface area (Å²) >= 11 is 0. The number of amides is 4. The molecule has 14 heteroatoms. The summed E-state index contributed by atoms with van der Waals surface area (Å²) in [6, 6.07) is 12.0. The fourth-order valence-corrected chi connectivity index (χ4v) is 9.17. The smallest absolute Gasteiger partial charge is 0.417 e. The molecule has 7 rings (SSSR count). The number of benzene rings is 2. The van der Waals surface area contributed by atoms with Gasteiger partial charge < -0.3 is 38.8 Å². The van der Waals surface area contributed by atoms with Gasteiger partial charge in [-0.1, -0.05) is 45.5 Å². The van der Waals surface area contributed by atoms with Crippen LogP contribution in [-0.2, 0) is 31.9 Å². The van der Waals surface area contributed by atoms with Crippen LogP contribution in [0.15, 0.2) is 45.6 Å². The number of carbonyl (C=O) groups is 4. The summed E-state index contributed by atoms with van der Waals surface area (Å²) in [5.41, 5.74) is 5.33. The minimum absolute atomic E-state index is 0. The van der Waals surface area contributed by atoms with Crippen LogP contribution in [0.1, 0.15) is 89.3 Å². The molecule has 1 atom stereocenters. The Labute approximate surface area is 348 Å². The van der Waals surface area contributed by atoms with Crippen molar-refractivity contribution in [3.05, 3.63) is 63.6 Å². The first-order valence-corrected chi connectivity index (χ1v) is 21.3. The maximum Gasteiger partial charge on any atom is 0.417 e. The van der Waals surface area contributed by atoms with Crippen LogP contribution in [0.2, 0.25) is 0 Å². The average Bonchev–Trinajstić information content (AvgIpc) is 3.54. The molecular formula is C45H66N6O8. The largest absolute Gasteiger partial charge is 0.466 e. The van der Waals surface area contributed by atoms with Crippen LogP contribution < -0.4 is 11.1 Å². The summed E-state index contributed by atoms with van der Waals surface area (Å²) < 4.78 is 15.2. The molecule has 4 aliphatic heterocycles. The van der Waals surface area contributed by atoms with Crippen LogP contribution in [0.25, 0.3) is 11.1 Å². The molecule has 1 aromatic heterocycles. The number of carbonyl (C=O) groups excluding carboxylic acids is 4. The molecule has 4 aliphatic rings. The number of urea groups is 1. The van der Waals surface area contributed by atoms with Gasteiger partial charge in [0.2, 0.25) is 5.91 Å². The normalized spacial score (nSPS) is 18.8. The molecule has 3 fully saturated rings. The van der Waals surface area contributed by atoms with Crippen LogP contribution >= 0.6 is 0 Å². The van der Waals surface area contributed by atoms with Crippen molar-refractivity contribution in [2.24, 2.45) is 17.8 Å². The van der Waals surface area contributed by atoms with E-state index >= 15 is 0 Å². The molecule has 59 heavy (non-hydrogen) atoms. The van der Waals surface area contributed by atoms with Gasteiger partial charge in [0.15, 0.2) is 5.58 Å². The Morgan fingerprint density at radius 2 is 1.56 bits per heavy atom. The topological polar surface area (TPSA) is 158 Å². The first-order chi connectivity index (χ1) is 28.0. The number of rotatable bonds is 10. The van der Waals surface area contributed by atoms with Crippen molar-refractivity contribution in [1.29, 1.82) is 0 Å². The second kappa shape index (κ2) is 21.4. The van der Waals surface area contributed by atoms with Crippen LogP contribution in [0, 0.1) is 24.7 Å². The summed E-state index contributed by atoms with van der Waals surface area (Å²) in [7, 11) is 1.40. The number of methoxy groups -OCH3 is 1. The lowest BCUT2D eigenvalue weighted by molar-refractivity contribution is -0.144. The number of H-pyrrole nitrogens is 1. The first-order valence-electron chi connectivity index (χ1n) is 21.3. The molecule has 0 saturated carbocycles. The van der Waals surface area contributed by atoms with E-state index in [-0.39, 0.29) is 43.4 Å². The Morgan fingerprint density at radius 1 is 0.898 bits per heavy atom. The van der Waals surface area contributed by atoms with Crippen molar-refractivity contribution in [3.63, 3.8) is 0 Å². The van der Waals surface area contributed by atoms with Crippen molar-refractivity contribution in [2.45, 2.75) is 98.4 Å². The van der Waals surface area contributed by atoms with E-state index in [2.05, 4.69) is 21.3 Å². The number of aromatic amines is 1. The highest BCUT2D eigenvalue weighted by Crippen LogP contribution is 2.33. The minimum Gasteiger partial charge on any atom is -0.466 e. The number of nitrogens with zero attached hydrogens (tertiary/aromatic N) is 4. The van der Waals surface area contributed by atoms with Gasteiger partial charge in [-0.05, 0) is 118 Å². The summed E-state index contributed by atoms with van der Waals surface area (Å²) in [5, 5.41) is 3.00. The van der Waals surface area contributed by atoms with Gasteiger partial charge in [-0.3, -0.25) is 14.6 Å². The number of ether oxygens (including phenoxy) is 2. The van der Waals surface area contributed by atoms with E-state index in [4.69, 9.17) is 13.9 Å². The highest BCUT2D eigenvalue weighted by Gasteiger charge is 2.33. The molecule has 0 unspecified atom stereocenters. The first kappa shape index (κ1) is 45.2. The lowest BCUT2D eigenvalue weighted by atomic mass is 9.78. The van der Waals surface area contributed by atoms with Crippen molar-refractivity contribution >= 4 is 40.8 Å². The van der Waals surface area contributed by atoms with Gasteiger partial charge in [0.1, 0.15) is 0 Å². The lowest BCUT2D eigenvalue weighted by Gasteiger charge is -2.40. The molecule has 5 heterocycles.